The second kappa shape index (κ2) is 4.67. The molecule has 0 aliphatic heterocycles. The molecule has 70 valence electrons. The van der Waals surface area contributed by atoms with Gasteiger partial charge in [-0.15, -0.1) is 0 Å². The molecule has 4 heteroatoms. The average molecular weight is 179 g/mol. The number of aromatic nitrogens is 2. The fourth-order valence-electron chi connectivity index (χ4n) is 1.07. The van der Waals surface area contributed by atoms with Crippen LogP contribution in [0, 0.1) is 0 Å². The van der Waals surface area contributed by atoms with Gasteiger partial charge in [-0.05, 0) is 12.0 Å². The van der Waals surface area contributed by atoms with Crippen LogP contribution in [0.5, 0.6) is 0 Å². The fraction of sp³-hybridized carbons (Fsp3) is 0.444. The first-order valence-corrected chi connectivity index (χ1v) is 4.26. The molecule has 0 fully saturated rings. The molecule has 0 saturated carbocycles. The lowest BCUT2D eigenvalue weighted by atomic mass is 10.0. The Morgan fingerprint density at radius 1 is 1.54 bits per heavy atom. The van der Waals surface area contributed by atoms with Crippen molar-refractivity contribution in [2.24, 2.45) is 5.73 Å². The van der Waals surface area contributed by atoms with Gasteiger partial charge in [0.2, 0.25) is 0 Å². The highest BCUT2D eigenvalue weighted by Crippen LogP contribution is 2.00. The van der Waals surface area contributed by atoms with Crippen molar-refractivity contribution in [2.75, 3.05) is 0 Å². The van der Waals surface area contributed by atoms with E-state index >= 15 is 0 Å². The summed E-state index contributed by atoms with van der Waals surface area (Å²) < 4.78 is 0. The summed E-state index contributed by atoms with van der Waals surface area (Å²) in [5.74, 6) is 0.0730. The second-order valence-electron chi connectivity index (χ2n) is 2.88. The number of ketones is 1. The zero-order valence-corrected chi connectivity index (χ0v) is 7.60. The lowest BCUT2D eigenvalue weighted by Crippen LogP contribution is -2.32. The van der Waals surface area contributed by atoms with Crippen molar-refractivity contribution in [3.8, 4) is 0 Å². The molecule has 1 heterocycles. The van der Waals surface area contributed by atoms with Crippen molar-refractivity contribution in [3.05, 3.63) is 24.3 Å². The van der Waals surface area contributed by atoms with Crippen LogP contribution in [0.3, 0.4) is 0 Å². The molecule has 0 spiro atoms. The fourth-order valence-corrected chi connectivity index (χ4v) is 1.07. The van der Waals surface area contributed by atoms with Crippen molar-refractivity contribution in [1.82, 2.24) is 9.97 Å². The Kier molecular flexibility index (Phi) is 3.52. The highest BCUT2D eigenvalue weighted by Gasteiger charge is 2.11. The molecule has 0 bridgehead atoms. The third kappa shape index (κ3) is 2.91. The molecule has 0 radical (unpaired) electrons. The van der Waals surface area contributed by atoms with E-state index in [1.165, 1.54) is 6.33 Å². The zero-order valence-electron chi connectivity index (χ0n) is 7.60. The Balaban J connectivity index is 2.55. The van der Waals surface area contributed by atoms with Crippen LogP contribution in [0.15, 0.2) is 18.7 Å². The first-order chi connectivity index (χ1) is 6.24. The number of hydrogen-bond acceptors (Lipinski definition) is 4. The second-order valence-corrected chi connectivity index (χ2v) is 2.88. The van der Waals surface area contributed by atoms with E-state index < -0.39 is 6.04 Å². The first-order valence-electron chi connectivity index (χ1n) is 4.26. The Morgan fingerprint density at radius 2 is 2.15 bits per heavy atom. The van der Waals surface area contributed by atoms with Crippen LogP contribution >= 0.6 is 0 Å². The normalized spacial score (nSPS) is 12.5. The highest BCUT2D eigenvalue weighted by atomic mass is 16.1. The van der Waals surface area contributed by atoms with E-state index in [1.807, 2.05) is 6.92 Å². The van der Waals surface area contributed by atoms with Crippen LogP contribution in [-0.4, -0.2) is 21.8 Å². The molecule has 1 rings (SSSR count). The molecule has 0 amide bonds. The largest absolute Gasteiger partial charge is 0.321 e. The van der Waals surface area contributed by atoms with Gasteiger partial charge < -0.3 is 5.73 Å². The number of hydrogen-bond donors (Lipinski definition) is 1. The number of Topliss-reactive ketones (excluding diaryl/α,β-unsaturated/α-hetero) is 1. The Labute approximate surface area is 77.2 Å². The minimum absolute atomic E-state index is 0.0730. The van der Waals surface area contributed by atoms with E-state index in [9.17, 15) is 4.79 Å². The minimum atomic E-state index is -0.420. The van der Waals surface area contributed by atoms with Crippen LogP contribution in [0.4, 0.5) is 0 Å². The lowest BCUT2D eigenvalue weighted by molar-refractivity contribution is -0.119. The molecular formula is C9H13N3O. The van der Waals surface area contributed by atoms with Gasteiger partial charge in [-0.3, -0.25) is 4.79 Å². The molecule has 0 aliphatic carbocycles. The van der Waals surface area contributed by atoms with E-state index in [1.54, 1.807) is 12.4 Å². The number of nitrogens with zero attached hydrogens (tertiary/aromatic N) is 2. The molecule has 13 heavy (non-hydrogen) atoms. The highest BCUT2D eigenvalue weighted by molar-refractivity contribution is 5.83. The van der Waals surface area contributed by atoms with E-state index in [4.69, 9.17) is 5.73 Å². The van der Waals surface area contributed by atoms with Crippen molar-refractivity contribution < 1.29 is 4.79 Å². The molecule has 1 aromatic heterocycles. The maximum Gasteiger partial charge on any atom is 0.149 e. The molecule has 4 nitrogen and oxygen atoms in total. The van der Waals surface area contributed by atoms with Gasteiger partial charge in [0.1, 0.15) is 12.1 Å². The predicted octanol–water partition coefficient (Wildman–Crippen LogP) is 0.325. The van der Waals surface area contributed by atoms with Crippen molar-refractivity contribution in [3.63, 3.8) is 0 Å². The molecule has 2 N–H and O–H groups in total. The molecule has 0 unspecified atom stereocenters. The van der Waals surface area contributed by atoms with Gasteiger partial charge in [0.15, 0.2) is 0 Å². The standard InChI is InChI=1S/C9H13N3O/c1-2-9(13)8(10)3-7-4-11-6-12-5-7/h4-6,8H,2-3,10H2,1H3/t8-/m0/s1. The van der Waals surface area contributed by atoms with Gasteiger partial charge in [-0.2, -0.15) is 0 Å². The van der Waals surface area contributed by atoms with E-state index in [0.29, 0.717) is 12.8 Å². The average Bonchev–Trinajstić information content (AvgIpc) is 2.18. The van der Waals surface area contributed by atoms with Crippen LogP contribution in [0.1, 0.15) is 18.9 Å². The third-order valence-corrected chi connectivity index (χ3v) is 1.83. The maximum atomic E-state index is 11.2. The number of rotatable bonds is 4. The zero-order chi connectivity index (χ0) is 9.68. The van der Waals surface area contributed by atoms with E-state index in [-0.39, 0.29) is 5.78 Å². The summed E-state index contributed by atoms with van der Waals surface area (Å²) in [6.45, 7) is 1.81. The van der Waals surface area contributed by atoms with Gasteiger partial charge in [0, 0.05) is 18.8 Å². The van der Waals surface area contributed by atoms with Crippen molar-refractivity contribution in [2.45, 2.75) is 25.8 Å². The van der Waals surface area contributed by atoms with Crippen LogP contribution < -0.4 is 5.73 Å². The summed E-state index contributed by atoms with van der Waals surface area (Å²) in [7, 11) is 0. The van der Waals surface area contributed by atoms with E-state index in [0.717, 1.165) is 5.56 Å². The van der Waals surface area contributed by atoms with Crippen LogP contribution in [0.2, 0.25) is 0 Å². The van der Waals surface area contributed by atoms with Crippen LogP contribution in [0.25, 0.3) is 0 Å². The van der Waals surface area contributed by atoms with Gasteiger partial charge in [0.05, 0.1) is 6.04 Å². The summed E-state index contributed by atoms with van der Waals surface area (Å²) in [5, 5.41) is 0. The number of nitrogens with two attached hydrogens (primary N) is 1. The first kappa shape index (κ1) is 9.80. The van der Waals surface area contributed by atoms with Gasteiger partial charge in [-0.25, -0.2) is 9.97 Å². The van der Waals surface area contributed by atoms with Crippen LogP contribution in [-0.2, 0) is 11.2 Å². The molecule has 1 aromatic rings. The third-order valence-electron chi connectivity index (χ3n) is 1.83. The molecule has 0 aromatic carbocycles. The van der Waals surface area contributed by atoms with Gasteiger partial charge >= 0.3 is 0 Å². The summed E-state index contributed by atoms with van der Waals surface area (Å²) in [6.07, 6.45) is 5.81. The van der Waals surface area contributed by atoms with Gasteiger partial charge in [0.25, 0.3) is 0 Å². The molecular weight excluding hydrogens is 166 g/mol. The number of carbonyl (C=O) groups is 1. The molecule has 1 atom stereocenters. The summed E-state index contributed by atoms with van der Waals surface area (Å²) >= 11 is 0. The summed E-state index contributed by atoms with van der Waals surface area (Å²) in [5.41, 5.74) is 6.55. The number of carbonyl (C=O) groups excluding carboxylic acids is 1. The molecule has 0 saturated heterocycles. The maximum absolute atomic E-state index is 11.2. The SMILES string of the molecule is CCC(=O)[C@@H](N)Cc1cncnc1. The van der Waals surface area contributed by atoms with Crippen molar-refractivity contribution in [1.29, 1.82) is 0 Å². The Bertz CT molecular complexity index is 273. The topological polar surface area (TPSA) is 68.9 Å². The Hall–Kier alpha value is -1.29. The minimum Gasteiger partial charge on any atom is -0.321 e. The lowest BCUT2D eigenvalue weighted by Gasteiger charge is -2.07. The predicted molar refractivity (Wildman–Crippen MR) is 49.0 cm³/mol. The monoisotopic (exact) mass is 179 g/mol. The Morgan fingerprint density at radius 3 is 2.69 bits per heavy atom. The quantitative estimate of drug-likeness (QED) is 0.723. The summed E-state index contributed by atoms with van der Waals surface area (Å²) in [6, 6.07) is -0.420. The van der Waals surface area contributed by atoms with E-state index in [2.05, 4.69) is 9.97 Å². The smallest absolute Gasteiger partial charge is 0.149 e. The van der Waals surface area contributed by atoms with Crippen molar-refractivity contribution >= 4 is 5.78 Å². The summed E-state index contributed by atoms with van der Waals surface area (Å²) in [4.78, 5) is 18.8. The molecule has 0 aliphatic rings. The van der Waals surface area contributed by atoms with Gasteiger partial charge in [-0.1, -0.05) is 6.92 Å².